The van der Waals surface area contributed by atoms with Crippen molar-refractivity contribution >= 4 is 28.3 Å². The van der Waals surface area contributed by atoms with E-state index >= 15 is 0 Å². The number of fused-ring (bicyclic) bond motifs is 1. The van der Waals surface area contributed by atoms with E-state index < -0.39 is 5.97 Å². The van der Waals surface area contributed by atoms with Crippen molar-refractivity contribution in [3.05, 3.63) is 72.3 Å². The fraction of sp³-hybridized carbons (Fsp3) is 0.217. The van der Waals surface area contributed by atoms with Crippen LogP contribution in [0.15, 0.2) is 66.7 Å². The molecule has 3 rings (SSSR count). The van der Waals surface area contributed by atoms with Gasteiger partial charge in [-0.3, -0.25) is 4.79 Å². The summed E-state index contributed by atoms with van der Waals surface area (Å²) in [6.45, 7) is 3.49. The van der Waals surface area contributed by atoms with Gasteiger partial charge in [0.05, 0.1) is 0 Å². The number of nitrogens with one attached hydrogen (secondary N) is 1. The van der Waals surface area contributed by atoms with E-state index in [0.717, 1.165) is 22.0 Å². The first kappa shape index (κ1) is 19.4. The lowest BCUT2D eigenvalue weighted by Gasteiger charge is -2.13. The van der Waals surface area contributed by atoms with Gasteiger partial charge in [0, 0.05) is 5.69 Å². The molecule has 0 atom stereocenters. The molecule has 0 saturated heterocycles. The summed E-state index contributed by atoms with van der Waals surface area (Å²) in [5.41, 5.74) is 1.76. The molecule has 5 heteroatoms. The first-order chi connectivity index (χ1) is 13.5. The summed E-state index contributed by atoms with van der Waals surface area (Å²) < 4.78 is 10.5. The van der Waals surface area contributed by atoms with Crippen LogP contribution in [0.4, 0.5) is 5.69 Å². The predicted octanol–water partition coefficient (Wildman–Crippen LogP) is 4.52. The number of ether oxygens (including phenoxy) is 2. The molecule has 0 aliphatic rings. The van der Waals surface area contributed by atoms with E-state index in [4.69, 9.17) is 9.47 Å². The minimum Gasteiger partial charge on any atom is -0.482 e. The molecule has 0 aromatic heterocycles. The molecule has 5 nitrogen and oxygen atoms in total. The molecule has 0 unspecified atom stereocenters. The highest BCUT2D eigenvalue weighted by Crippen LogP contribution is 2.23. The van der Waals surface area contributed by atoms with Crippen molar-refractivity contribution < 1.29 is 19.1 Å². The zero-order chi connectivity index (χ0) is 19.9. The van der Waals surface area contributed by atoms with Gasteiger partial charge in [-0.15, -0.1) is 0 Å². The summed E-state index contributed by atoms with van der Waals surface area (Å²) in [6, 6.07) is 21.0. The van der Waals surface area contributed by atoms with E-state index in [2.05, 4.69) is 19.2 Å². The van der Waals surface area contributed by atoms with Gasteiger partial charge in [0.15, 0.2) is 13.2 Å². The second-order valence-corrected chi connectivity index (χ2v) is 6.75. The molecule has 0 spiro atoms. The van der Waals surface area contributed by atoms with E-state index in [0.29, 0.717) is 5.75 Å². The van der Waals surface area contributed by atoms with Crippen LogP contribution >= 0.6 is 0 Å². The largest absolute Gasteiger partial charge is 0.482 e. The van der Waals surface area contributed by atoms with Gasteiger partial charge in [0.2, 0.25) is 0 Å². The van der Waals surface area contributed by atoms with Crippen LogP contribution in [-0.4, -0.2) is 25.1 Å². The molecule has 0 aliphatic heterocycles. The Morgan fingerprint density at radius 2 is 1.61 bits per heavy atom. The predicted molar refractivity (Wildman–Crippen MR) is 110 cm³/mol. The van der Waals surface area contributed by atoms with Gasteiger partial charge in [-0.1, -0.05) is 62.4 Å². The monoisotopic (exact) mass is 377 g/mol. The van der Waals surface area contributed by atoms with Crippen LogP contribution in [0.5, 0.6) is 5.75 Å². The number of rotatable bonds is 7. The maximum atomic E-state index is 12.1. The molecule has 0 aliphatic carbocycles. The number of amides is 1. The number of benzene rings is 3. The van der Waals surface area contributed by atoms with E-state index in [-0.39, 0.29) is 25.0 Å². The van der Waals surface area contributed by atoms with Crippen LogP contribution < -0.4 is 10.1 Å². The lowest BCUT2D eigenvalue weighted by molar-refractivity contribution is -0.149. The number of anilines is 1. The Bertz CT molecular complexity index is 981. The molecule has 1 N–H and O–H groups in total. The minimum atomic E-state index is -0.597. The third-order valence-corrected chi connectivity index (χ3v) is 4.30. The molecular formula is C23H23NO4. The van der Waals surface area contributed by atoms with Gasteiger partial charge in [0.1, 0.15) is 5.75 Å². The zero-order valence-corrected chi connectivity index (χ0v) is 16.0. The molecule has 3 aromatic carbocycles. The van der Waals surface area contributed by atoms with Crippen molar-refractivity contribution in [2.75, 3.05) is 18.5 Å². The van der Waals surface area contributed by atoms with Crippen LogP contribution in [-0.2, 0) is 14.3 Å². The number of para-hydroxylation sites is 1. The maximum Gasteiger partial charge on any atom is 0.344 e. The summed E-state index contributed by atoms with van der Waals surface area (Å²) >= 11 is 0. The fourth-order valence-corrected chi connectivity index (χ4v) is 2.89. The lowest BCUT2D eigenvalue weighted by atomic mass is 10.0. The van der Waals surface area contributed by atoms with Crippen LogP contribution in [0.25, 0.3) is 10.8 Å². The molecule has 0 heterocycles. The van der Waals surface area contributed by atoms with Gasteiger partial charge in [-0.05, 0) is 40.5 Å². The van der Waals surface area contributed by atoms with E-state index in [9.17, 15) is 9.59 Å². The Balaban J connectivity index is 1.48. The van der Waals surface area contributed by atoms with Crippen LogP contribution in [0.2, 0.25) is 0 Å². The van der Waals surface area contributed by atoms with Crippen molar-refractivity contribution in [3.63, 3.8) is 0 Å². The van der Waals surface area contributed by atoms with E-state index in [1.54, 1.807) is 6.07 Å². The topological polar surface area (TPSA) is 64.6 Å². The molecule has 28 heavy (non-hydrogen) atoms. The maximum absolute atomic E-state index is 12.1. The van der Waals surface area contributed by atoms with Gasteiger partial charge in [0.25, 0.3) is 5.91 Å². The quantitative estimate of drug-likeness (QED) is 0.615. The highest BCUT2D eigenvalue weighted by Gasteiger charge is 2.12. The molecule has 1 amide bonds. The average molecular weight is 377 g/mol. The molecule has 0 bridgehead atoms. The standard InChI is InChI=1S/C23H23NO4/c1-16(2)20-9-5-6-10-21(20)24-22(25)14-28-23(26)15-27-19-12-11-17-7-3-4-8-18(17)13-19/h3-13,16H,14-15H2,1-2H3,(H,24,25). The van der Waals surface area contributed by atoms with E-state index in [1.165, 1.54) is 0 Å². The van der Waals surface area contributed by atoms with Crippen molar-refractivity contribution in [2.45, 2.75) is 19.8 Å². The number of carbonyl (C=O) groups excluding carboxylic acids is 2. The SMILES string of the molecule is CC(C)c1ccccc1NC(=O)COC(=O)COc1ccc2ccccc2c1. The van der Waals surface area contributed by atoms with Crippen molar-refractivity contribution in [1.29, 1.82) is 0 Å². The second-order valence-electron chi connectivity index (χ2n) is 6.75. The summed E-state index contributed by atoms with van der Waals surface area (Å²) in [7, 11) is 0. The molecular weight excluding hydrogens is 354 g/mol. The Morgan fingerprint density at radius 1 is 0.893 bits per heavy atom. The number of esters is 1. The van der Waals surface area contributed by atoms with Crippen LogP contribution in [0.3, 0.4) is 0 Å². The summed E-state index contributed by atoms with van der Waals surface area (Å²) in [5.74, 6) is -0.132. The average Bonchev–Trinajstić information content (AvgIpc) is 2.70. The summed E-state index contributed by atoms with van der Waals surface area (Å²) in [5, 5.41) is 4.90. The Hall–Kier alpha value is -3.34. The third-order valence-electron chi connectivity index (χ3n) is 4.30. The lowest BCUT2D eigenvalue weighted by Crippen LogP contribution is -2.24. The van der Waals surface area contributed by atoms with Gasteiger partial charge >= 0.3 is 5.97 Å². The Morgan fingerprint density at radius 3 is 2.39 bits per heavy atom. The normalized spacial score (nSPS) is 10.7. The highest BCUT2D eigenvalue weighted by molar-refractivity contribution is 5.93. The Kier molecular flexibility index (Phi) is 6.27. The van der Waals surface area contributed by atoms with E-state index in [1.807, 2.05) is 60.7 Å². The van der Waals surface area contributed by atoms with Gasteiger partial charge in [-0.2, -0.15) is 0 Å². The zero-order valence-electron chi connectivity index (χ0n) is 16.0. The molecule has 3 aromatic rings. The smallest absolute Gasteiger partial charge is 0.344 e. The van der Waals surface area contributed by atoms with Crippen molar-refractivity contribution in [2.24, 2.45) is 0 Å². The molecule has 0 radical (unpaired) electrons. The number of hydrogen-bond donors (Lipinski definition) is 1. The fourth-order valence-electron chi connectivity index (χ4n) is 2.89. The van der Waals surface area contributed by atoms with Crippen molar-refractivity contribution in [3.8, 4) is 5.75 Å². The number of carbonyl (C=O) groups is 2. The first-order valence-corrected chi connectivity index (χ1v) is 9.19. The molecule has 0 saturated carbocycles. The number of hydrogen-bond acceptors (Lipinski definition) is 4. The molecule has 0 fully saturated rings. The highest BCUT2D eigenvalue weighted by atomic mass is 16.6. The van der Waals surface area contributed by atoms with Crippen LogP contribution in [0, 0.1) is 0 Å². The summed E-state index contributed by atoms with van der Waals surface area (Å²) in [6.07, 6.45) is 0. The van der Waals surface area contributed by atoms with Crippen LogP contribution in [0.1, 0.15) is 25.3 Å². The molecule has 144 valence electrons. The Labute approximate surface area is 164 Å². The minimum absolute atomic E-state index is 0.256. The van der Waals surface area contributed by atoms with Gasteiger partial charge in [-0.25, -0.2) is 4.79 Å². The third kappa shape index (κ3) is 5.10. The first-order valence-electron chi connectivity index (χ1n) is 9.19. The van der Waals surface area contributed by atoms with Gasteiger partial charge < -0.3 is 14.8 Å². The second kappa shape index (κ2) is 9.04. The van der Waals surface area contributed by atoms with Crippen molar-refractivity contribution in [1.82, 2.24) is 0 Å². The summed E-state index contributed by atoms with van der Waals surface area (Å²) in [4.78, 5) is 24.0.